The molecule has 7 rings (SSSR count). The van der Waals surface area contributed by atoms with E-state index in [9.17, 15) is 9.59 Å². The van der Waals surface area contributed by atoms with Gasteiger partial charge in [-0.2, -0.15) is 0 Å². The lowest BCUT2D eigenvalue weighted by atomic mass is 9.94. The van der Waals surface area contributed by atoms with Crippen LogP contribution in [0.25, 0.3) is 21.5 Å². The molecule has 8 nitrogen and oxygen atoms in total. The van der Waals surface area contributed by atoms with E-state index in [1.807, 2.05) is 84.9 Å². The first-order valence-electron chi connectivity index (χ1n) is 20.9. The minimum atomic E-state index is -0.697. The van der Waals surface area contributed by atoms with Gasteiger partial charge in [-0.1, -0.05) is 97.5 Å². The molecule has 312 valence electrons. The van der Waals surface area contributed by atoms with Crippen LogP contribution in [0, 0.1) is 23.7 Å². The smallest absolute Gasteiger partial charge is 0.342 e. The summed E-state index contributed by atoms with van der Waals surface area (Å²) in [5.41, 5.74) is 3.38. The predicted octanol–water partition coefficient (Wildman–Crippen LogP) is 11.0. The van der Waals surface area contributed by atoms with Gasteiger partial charge in [0.1, 0.15) is 34.8 Å². The second-order valence-corrected chi connectivity index (χ2v) is 14.7. The average molecular weight is 825 g/mol. The van der Waals surface area contributed by atoms with Crippen molar-refractivity contribution in [3.8, 4) is 35.2 Å². The molecule has 1 aliphatic rings. The summed E-state index contributed by atoms with van der Waals surface area (Å²) in [4.78, 5) is 28.2. The van der Waals surface area contributed by atoms with Gasteiger partial charge in [0, 0.05) is 35.1 Å². The lowest BCUT2D eigenvalue weighted by Gasteiger charge is -2.31. The fraction of sp³-hybridized carbons (Fsp3) is 0.222. The normalized spacial score (nSPS) is 14.3. The molecule has 62 heavy (non-hydrogen) atoms. The summed E-state index contributed by atoms with van der Waals surface area (Å²) < 4.78 is 35.0. The second-order valence-electron chi connectivity index (χ2n) is 14.7. The number of hydrogen-bond acceptors (Lipinski definition) is 8. The molecule has 2 atom stereocenters. The van der Waals surface area contributed by atoms with Gasteiger partial charge in [-0.15, -0.1) is 0 Å². The summed E-state index contributed by atoms with van der Waals surface area (Å²) in [5, 5.41) is 4.44. The Hall–Kier alpha value is -7.42. The Balaban J connectivity index is 1.10. The highest BCUT2D eigenvalue weighted by atomic mass is 16.6. The van der Waals surface area contributed by atoms with E-state index in [2.05, 4.69) is 49.0 Å². The zero-order valence-corrected chi connectivity index (χ0v) is 34.6. The maximum absolute atomic E-state index is 14.1. The standard InChI is InChI=1S/C54H48O8/c1-3-57-31-11-33-59-49-29-25-41(21-19-39-23-27-43-13-5-7-15-45(43)35-39)37-47(49)53(55)61-51-17-9-10-18-52(51)62-54(56)48-38-42(26-30-50(48)60-34-12-32-58-4-2)22-20-40-24-28-44-14-6-8-16-46(44)36-40/h3-8,13-16,23-30,35-38,51-52H,1-2,9-12,17-18,31-34H2. The van der Waals surface area contributed by atoms with Crippen molar-refractivity contribution in [2.75, 3.05) is 26.4 Å². The molecular weight excluding hydrogens is 777 g/mol. The predicted molar refractivity (Wildman–Crippen MR) is 242 cm³/mol. The third kappa shape index (κ3) is 11.6. The van der Waals surface area contributed by atoms with Crippen LogP contribution in [0.5, 0.6) is 11.5 Å². The average Bonchev–Trinajstić information content (AvgIpc) is 3.31. The van der Waals surface area contributed by atoms with E-state index in [1.165, 1.54) is 12.5 Å². The molecule has 6 aromatic carbocycles. The molecule has 0 amide bonds. The van der Waals surface area contributed by atoms with Crippen molar-refractivity contribution >= 4 is 33.5 Å². The van der Waals surface area contributed by atoms with Gasteiger partial charge in [0.25, 0.3) is 0 Å². The van der Waals surface area contributed by atoms with Crippen LogP contribution in [0.1, 0.15) is 81.5 Å². The Morgan fingerprint density at radius 1 is 0.500 bits per heavy atom. The van der Waals surface area contributed by atoms with Gasteiger partial charge in [0.05, 0.1) is 39.0 Å². The van der Waals surface area contributed by atoms with Crippen molar-refractivity contribution in [3.05, 3.63) is 180 Å². The number of hydrogen-bond donors (Lipinski definition) is 0. The molecule has 8 heteroatoms. The number of fused-ring (bicyclic) bond motifs is 2. The van der Waals surface area contributed by atoms with Gasteiger partial charge < -0.3 is 28.4 Å². The van der Waals surface area contributed by atoms with Gasteiger partial charge in [-0.3, -0.25) is 0 Å². The van der Waals surface area contributed by atoms with Crippen molar-refractivity contribution in [1.82, 2.24) is 0 Å². The first-order valence-corrected chi connectivity index (χ1v) is 20.9. The van der Waals surface area contributed by atoms with Gasteiger partial charge in [0.15, 0.2) is 0 Å². The van der Waals surface area contributed by atoms with E-state index < -0.39 is 24.1 Å². The highest BCUT2D eigenvalue weighted by Gasteiger charge is 2.33. The molecule has 1 aliphatic carbocycles. The Bertz CT molecular complexity index is 2490. The Labute approximate surface area is 363 Å². The quantitative estimate of drug-likeness (QED) is 0.0413. The molecule has 1 saturated carbocycles. The number of benzene rings is 6. The molecule has 0 heterocycles. The van der Waals surface area contributed by atoms with Crippen molar-refractivity contribution < 1.29 is 38.0 Å². The Morgan fingerprint density at radius 2 is 0.887 bits per heavy atom. The lowest BCUT2D eigenvalue weighted by Crippen LogP contribution is -2.38. The highest BCUT2D eigenvalue weighted by Crippen LogP contribution is 2.30. The molecule has 0 N–H and O–H groups in total. The Kier molecular flexibility index (Phi) is 15.0. The minimum absolute atomic E-state index is 0.226. The van der Waals surface area contributed by atoms with Crippen molar-refractivity contribution in [2.24, 2.45) is 0 Å². The number of ether oxygens (including phenoxy) is 6. The van der Waals surface area contributed by atoms with E-state index in [-0.39, 0.29) is 11.1 Å². The SMILES string of the molecule is C=COCCCOc1ccc(C#Cc2ccc3ccccc3c2)cc1C(=O)OC1CCCCC1OC(=O)c1cc(C#Cc2ccc3ccccc3c2)ccc1OCCCOC=C. The second kappa shape index (κ2) is 21.7. The molecule has 0 saturated heterocycles. The van der Waals surface area contributed by atoms with E-state index >= 15 is 0 Å². The van der Waals surface area contributed by atoms with Gasteiger partial charge in [-0.25, -0.2) is 9.59 Å². The number of carbonyl (C=O) groups excluding carboxylic acids is 2. The van der Waals surface area contributed by atoms with E-state index in [4.69, 9.17) is 28.4 Å². The lowest BCUT2D eigenvalue weighted by molar-refractivity contribution is -0.0517. The molecule has 0 aliphatic heterocycles. The van der Waals surface area contributed by atoms with Gasteiger partial charge in [0.2, 0.25) is 0 Å². The summed E-state index contributed by atoms with van der Waals surface area (Å²) in [6, 6.07) is 38.8. The third-order valence-corrected chi connectivity index (χ3v) is 10.3. The zero-order valence-electron chi connectivity index (χ0n) is 34.6. The first-order chi connectivity index (χ1) is 30.5. The molecule has 6 aromatic rings. The fourth-order valence-corrected chi connectivity index (χ4v) is 7.16. The summed E-state index contributed by atoms with van der Waals surface area (Å²) in [6.45, 7) is 8.61. The maximum Gasteiger partial charge on any atom is 0.342 e. The highest BCUT2D eigenvalue weighted by molar-refractivity contribution is 5.94. The number of esters is 2. The maximum atomic E-state index is 14.1. The van der Waals surface area contributed by atoms with Crippen LogP contribution < -0.4 is 9.47 Å². The Morgan fingerprint density at radius 3 is 1.31 bits per heavy atom. The van der Waals surface area contributed by atoms with Crippen LogP contribution >= 0.6 is 0 Å². The van der Waals surface area contributed by atoms with E-state index in [0.29, 0.717) is 74.7 Å². The van der Waals surface area contributed by atoms with Gasteiger partial charge >= 0.3 is 11.9 Å². The molecule has 2 unspecified atom stereocenters. The fourth-order valence-electron chi connectivity index (χ4n) is 7.16. The first kappa shape index (κ1) is 42.7. The molecule has 0 bridgehead atoms. The van der Waals surface area contributed by atoms with Crippen molar-refractivity contribution in [2.45, 2.75) is 50.7 Å². The van der Waals surface area contributed by atoms with Crippen LogP contribution in [0.2, 0.25) is 0 Å². The van der Waals surface area contributed by atoms with Crippen LogP contribution in [-0.4, -0.2) is 50.6 Å². The van der Waals surface area contributed by atoms with E-state index in [1.54, 1.807) is 24.3 Å². The molecule has 0 aromatic heterocycles. The summed E-state index contributed by atoms with van der Waals surface area (Å²) in [6.07, 6.45) is 5.17. The minimum Gasteiger partial charge on any atom is -0.502 e. The zero-order chi connectivity index (χ0) is 42.9. The molecule has 1 fully saturated rings. The largest absolute Gasteiger partial charge is 0.502 e. The number of rotatable bonds is 16. The summed E-state index contributed by atoms with van der Waals surface area (Å²) in [5.74, 6) is 12.4. The van der Waals surface area contributed by atoms with Crippen LogP contribution in [0.15, 0.2) is 147 Å². The van der Waals surface area contributed by atoms with Crippen LogP contribution in [-0.2, 0) is 18.9 Å². The van der Waals surface area contributed by atoms with Crippen molar-refractivity contribution in [3.63, 3.8) is 0 Å². The monoisotopic (exact) mass is 824 g/mol. The summed E-state index contributed by atoms with van der Waals surface area (Å²) >= 11 is 0. The van der Waals surface area contributed by atoms with Gasteiger partial charge in [-0.05, 0) is 108 Å². The topological polar surface area (TPSA) is 89.5 Å². The van der Waals surface area contributed by atoms with Crippen LogP contribution in [0.3, 0.4) is 0 Å². The number of carbonyl (C=O) groups is 2. The summed E-state index contributed by atoms with van der Waals surface area (Å²) in [7, 11) is 0. The molecule has 0 spiro atoms. The molecular formula is C54H48O8. The molecule has 0 radical (unpaired) electrons. The van der Waals surface area contributed by atoms with E-state index in [0.717, 1.165) is 45.5 Å². The van der Waals surface area contributed by atoms with Crippen molar-refractivity contribution in [1.29, 1.82) is 0 Å². The van der Waals surface area contributed by atoms with Crippen LogP contribution in [0.4, 0.5) is 0 Å². The third-order valence-electron chi connectivity index (χ3n) is 10.3.